The summed E-state index contributed by atoms with van der Waals surface area (Å²) >= 11 is 5.76. The fourth-order valence-corrected chi connectivity index (χ4v) is 1.67. The lowest BCUT2D eigenvalue weighted by molar-refractivity contribution is -0.443. The second-order valence-corrected chi connectivity index (χ2v) is 4.61. The second-order valence-electron chi connectivity index (χ2n) is 4.18. The first-order chi connectivity index (χ1) is 11.4. The third kappa shape index (κ3) is 5.76. The van der Waals surface area contributed by atoms with Crippen molar-refractivity contribution in [3.05, 3.63) is 50.8 Å². The molecule has 0 heterocycles. The zero-order valence-electron chi connectivity index (χ0n) is 13.0. The highest BCUT2D eigenvalue weighted by atomic mass is 35.5. The minimum atomic E-state index is -1.12. The smallest absolute Gasteiger partial charge is 0.448 e. The van der Waals surface area contributed by atoms with Gasteiger partial charge in [0.2, 0.25) is 0 Å². The van der Waals surface area contributed by atoms with Gasteiger partial charge in [-0.15, -0.1) is 5.43 Å². The van der Waals surface area contributed by atoms with Crippen molar-refractivity contribution in [2.45, 2.75) is 13.8 Å². The first-order valence-corrected chi connectivity index (χ1v) is 7.28. The molecule has 10 heteroatoms. The maximum Gasteiger partial charge on any atom is 0.531 e. The molecule has 0 radical (unpaired) electrons. The summed E-state index contributed by atoms with van der Waals surface area (Å²) in [5, 5.41) is 12.1. The number of halogens is 1. The highest BCUT2D eigenvalue weighted by Crippen LogP contribution is 2.15. The largest absolute Gasteiger partial charge is 0.531 e. The summed E-state index contributed by atoms with van der Waals surface area (Å²) < 4.78 is 9.35. The predicted octanol–water partition coefficient (Wildman–Crippen LogP) is 3.03. The molecule has 9 nitrogen and oxygen atoms in total. The number of hydrogen-bond donors (Lipinski definition) is 1. The Bertz CT molecular complexity index is 632. The number of carbonyl (C=O) groups excluding carboxylic acids is 2. The van der Waals surface area contributed by atoms with Crippen LogP contribution in [0.3, 0.4) is 0 Å². The molecule has 0 fully saturated rings. The van der Waals surface area contributed by atoms with Gasteiger partial charge in [-0.1, -0.05) is 23.7 Å². The molecule has 0 unspecified atom stereocenters. The summed E-state index contributed by atoms with van der Waals surface area (Å²) in [7, 11) is 0. The zero-order chi connectivity index (χ0) is 18.1. The lowest BCUT2D eigenvalue weighted by atomic mass is 10.2. The highest BCUT2D eigenvalue weighted by Gasteiger charge is 2.34. The Morgan fingerprint density at radius 2 is 1.83 bits per heavy atom. The fraction of sp³-hybridized carbons (Fsp3) is 0.286. The van der Waals surface area contributed by atoms with E-state index in [0.717, 1.165) is 6.08 Å². The van der Waals surface area contributed by atoms with Crippen molar-refractivity contribution in [3.63, 3.8) is 0 Å². The van der Waals surface area contributed by atoms with Crippen LogP contribution in [0.5, 0.6) is 0 Å². The zero-order valence-corrected chi connectivity index (χ0v) is 13.8. The Balaban J connectivity index is 3.20. The molecule has 0 aliphatic heterocycles. The van der Waals surface area contributed by atoms with Gasteiger partial charge in [-0.25, -0.2) is 4.79 Å². The van der Waals surface area contributed by atoms with Crippen LogP contribution in [0, 0.1) is 10.1 Å². The van der Waals surface area contributed by atoms with E-state index in [1.807, 2.05) is 5.43 Å². The van der Waals surface area contributed by atoms with Crippen LogP contribution in [0.4, 0.5) is 9.59 Å². The van der Waals surface area contributed by atoms with E-state index in [9.17, 15) is 19.7 Å². The normalized spacial score (nSPS) is 10.7. The Hall–Kier alpha value is -2.81. The molecule has 0 saturated heterocycles. The Morgan fingerprint density at radius 1 is 1.25 bits per heavy atom. The van der Waals surface area contributed by atoms with Crippen LogP contribution in [-0.4, -0.2) is 35.3 Å². The predicted molar refractivity (Wildman–Crippen MR) is 85.4 cm³/mol. The van der Waals surface area contributed by atoms with Crippen molar-refractivity contribution in [1.29, 1.82) is 0 Å². The van der Waals surface area contributed by atoms with E-state index in [0.29, 0.717) is 15.6 Å². The maximum atomic E-state index is 11.9. The molecule has 0 aromatic heterocycles. The molecule has 0 bridgehead atoms. The molecule has 0 saturated carbocycles. The molecular formula is C14H16ClN3O6. The monoisotopic (exact) mass is 357 g/mol. The number of nitrogens with zero attached hydrogens (tertiary/aromatic N) is 2. The number of rotatable bonds is 5. The number of amides is 2. The van der Waals surface area contributed by atoms with Crippen LogP contribution in [0.25, 0.3) is 6.08 Å². The van der Waals surface area contributed by atoms with E-state index >= 15 is 0 Å². The van der Waals surface area contributed by atoms with Gasteiger partial charge in [-0.2, -0.15) is 4.79 Å². The molecule has 130 valence electrons. The summed E-state index contributed by atoms with van der Waals surface area (Å²) in [6.07, 6.45) is -1.07. The van der Waals surface area contributed by atoms with Crippen LogP contribution < -0.4 is 5.43 Å². The van der Waals surface area contributed by atoms with Gasteiger partial charge in [-0.05, 0) is 41.5 Å². The van der Waals surface area contributed by atoms with Crippen molar-refractivity contribution in [2.24, 2.45) is 0 Å². The van der Waals surface area contributed by atoms with Crippen LogP contribution >= 0.6 is 11.6 Å². The molecule has 1 N–H and O–H groups in total. The molecule has 1 rings (SSSR count). The van der Waals surface area contributed by atoms with Gasteiger partial charge in [-0.3, -0.25) is 0 Å². The summed E-state index contributed by atoms with van der Waals surface area (Å²) in [6, 6.07) is 6.08. The maximum absolute atomic E-state index is 11.9. The average molecular weight is 358 g/mol. The highest BCUT2D eigenvalue weighted by molar-refractivity contribution is 6.30. The number of ether oxygens (including phenoxy) is 2. The molecule has 1 aromatic carbocycles. The van der Waals surface area contributed by atoms with Crippen molar-refractivity contribution in [1.82, 2.24) is 10.4 Å². The van der Waals surface area contributed by atoms with Gasteiger partial charge in [0.1, 0.15) is 0 Å². The van der Waals surface area contributed by atoms with Gasteiger partial charge < -0.3 is 19.6 Å². The number of nitrogens with one attached hydrogen (secondary N) is 1. The van der Waals surface area contributed by atoms with E-state index < -0.39 is 22.9 Å². The van der Waals surface area contributed by atoms with E-state index in [4.69, 9.17) is 16.3 Å². The van der Waals surface area contributed by atoms with Crippen LogP contribution in [0.2, 0.25) is 5.02 Å². The van der Waals surface area contributed by atoms with Gasteiger partial charge in [0, 0.05) is 11.1 Å². The van der Waals surface area contributed by atoms with Gasteiger partial charge in [0.25, 0.3) is 0 Å². The van der Waals surface area contributed by atoms with Gasteiger partial charge >= 0.3 is 18.0 Å². The van der Waals surface area contributed by atoms with Crippen LogP contribution in [0.15, 0.2) is 30.1 Å². The lowest BCUT2D eigenvalue weighted by Gasteiger charge is -2.15. The fourth-order valence-electron chi connectivity index (χ4n) is 1.55. The summed E-state index contributed by atoms with van der Waals surface area (Å²) in [6.45, 7) is 3.06. The standard InChI is InChI=1S/C14H16ClN3O6/c1-3-23-13(19)16-17(14(20)24-4-2)12(18(21)22)9-10-5-7-11(15)8-6-10/h5-9H,3-4H2,1-2H3,(H,16,19)/b12-9+. The third-order valence-corrected chi connectivity index (χ3v) is 2.76. The lowest BCUT2D eigenvalue weighted by Crippen LogP contribution is -2.47. The van der Waals surface area contributed by atoms with Crippen molar-refractivity contribution in [3.8, 4) is 0 Å². The quantitative estimate of drug-likeness (QED) is 0.640. The number of carbonyl (C=O) groups is 2. The molecule has 1 aromatic rings. The number of benzene rings is 1. The van der Waals surface area contributed by atoms with E-state index in [1.165, 1.54) is 31.2 Å². The van der Waals surface area contributed by atoms with E-state index in [1.54, 1.807) is 6.92 Å². The first kappa shape index (κ1) is 19.2. The van der Waals surface area contributed by atoms with Crippen molar-refractivity contribution in [2.75, 3.05) is 13.2 Å². The average Bonchev–Trinajstić information content (AvgIpc) is 2.52. The number of nitro groups is 1. The molecule has 0 spiro atoms. The molecule has 2 amide bonds. The summed E-state index contributed by atoms with van der Waals surface area (Å²) in [5.74, 6) is -0.719. The second kappa shape index (κ2) is 9.36. The summed E-state index contributed by atoms with van der Waals surface area (Å²) in [4.78, 5) is 34.0. The van der Waals surface area contributed by atoms with E-state index in [-0.39, 0.29) is 13.2 Å². The molecule has 24 heavy (non-hydrogen) atoms. The van der Waals surface area contributed by atoms with Gasteiger partial charge in [0.05, 0.1) is 13.2 Å². The Morgan fingerprint density at radius 3 is 2.33 bits per heavy atom. The number of hydrazine groups is 1. The summed E-state index contributed by atoms with van der Waals surface area (Å²) in [5.41, 5.74) is 2.37. The van der Waals surface area contributed by atoms with Crippen molar-refractivity contribution < 1.29 is 24.0 Å². The topological polar surface area (TPSA) is 111 Å². The first-order valence-electron chi connectivity index (χ1n) is 6.91. The molecule has 0 atom stereocenters. The van der Waals surface area contributed by atoms with Crippen molar-refractivity contribution >= 4 is 29.9 Å². The third-order valence-electron chi connectivity index (χ3n) is 2.51. The Kier molecular flexibility index (Phi) is 7.50. The van der Waals surface area contributed by atoms with Crippen LogP contribution in [0.1, 0.15) is 19.4 Å². The molecule has 0 aliphatic carbocycles. The van der Waals surface area contributed by atoms with Gasteiger partial charge in [0.15, 0.2) is 0 Å². The minimum absolute atomic E-state index is 0.0250. The number of hydrogen-bond acceptors (Lipinski definition) is 6. The van der Waals surface area contributed by atoms with Crippen LogP contribution in [-0.2, 0) is 9.47 Å². The molecular weight excluding hydrogens is 342 g/mol. The minimum Gasteiger partial charge on any atom is -0.448 e. The molecule has 0 aliphatic rings. The Labute approximate surface area is 142 Å². The SMILES string of the molecule is CCOC(=O)NN(C(=O)OCC)/C(=C\c1ccc(Cl)cc1)[N+](=O)[O-]. The van der Waals surface area contributed by atoms with E-state index in [2.05, 4.69) is 4.74 Å².